The molecule has 1 fully saturated rings. The summed E-state index contributed by atoms with van der Waals surface area (Å²) >= 11 is 0. The Kier molecular flexibility index (Phi) is 4.08. The Morgan fingerprint density at radius 2 is 2.50 bits per heavy atom. The lowest BCUT2D eigenvalue weighted by Gasteiger charge is -2.09. The molecule has 3 nitrogen and oxygen atoms in total. The highest BCUT2D eigenvalue weighted by atomic mass is 16.2. The van der Waals surface area contributed by atoms with Crippen LogP contribution in [-0.4, -0.2) is 25.0 Å². The van der Waals surface area contributed by atoms with Crippen LogP contribution in [0, 0.1) is 0 Å². The van der Waals surface area contributed by atoms with E-state index in [1.807, 2.05) is 0 Å². The third-order valence-electron chi connectivity index (χ3n) is 2.21. The molecule has 1 atom stereocenters. The van der Waals surface area contributed by atoms with Crippen LogP contribution in [0.3, 0.4) is 0 Å². The SMILES string of the molecule is CCCCNC(=O)C1CCCN1. The third kappa shape index (κ3) is 2.81. The molecule has 12 heavy (non-hydrogen) atoms. The summed E-state index contributed by atoms with van der Waals surface area (Å²) in [6.45, 7) is 3.94. The molecule has 0 saturated carbocycles. The van der Waals surface area contributed by atoms with E-state index in [1.165, 1.54) is 0 Å². The van der Waals surface area contributed by atoms with Gasteiger partial charge in [0.15, 0.2) is 0 Å². The van der Waals surface area contributed by atoms with Crippen LogP contribution in [0.4, 0.5) is 0 Å². The van der Waals surface area contributed by atoms with Crippen molar-refractivity contribution in [1.29, 1.82) is 0 Å². The summed E-state index contributed by atoms with van der Waals surface area (Å²) in [7, 11) is 0. The summed E-state index contributed by atoms with van der Waals surface area (Å²) in [6.07, 6.45) is 4.35. The summed E-state index contributed by atoms with van der Waals surface area (Å²) in [5, 5.41) is 6.10. The van der Waals surface area contributed by atoms with Gasteiger partial charge in [-0.3, -0.25) is 4.79 Å². The smallest absolute Gasteiger partial charge is 0.237 e. The van der Waals surface area contributed by atoms with Crippen molar-refractivity contribution in [2.45, 2.75) is 38.6 Å². The van der Waals surface area contributed by atoms with Crippen molar-refractivity contribution in [3.05, 3.63) is 0 Å². The molecule has 1 aliphatic heterocycles. The number of amides is 1. The average molecular weight is 170 g/mol. The van der Waals surface area contributed by atoms with E-state index in [2.05, 4.69) is 17.6 Å². The molecule has 1 amide bonds. The van der Waals surface area contributed by atoms with Gasteiger partial charge in [0, 0.05) is 6.54 Å². The van der Waals surface area contributed by atoms with E-state index in [0.717, 1.165) is 38.8 Å². The molecular weight excluding hydrogens is 152 g/mol. The molecule has 0 aromatic rings. The predicted molar refractivity (Wildman–Crippen MR) is 48.9 cm³/mol. The second kappa shape index (κ2) is 5.14. The van der Waals surface area contributed by atoms with Crippen LogP contribution in [0.2, 0.25) is 0 Å². The maximum Gasteiger partial charge on any atom is 0.237 e. The lowest BCUT2D eigenvalue weighted by Crippen LogP contribution is -2.40. The van der Waals surface area contributed by atoms with Gasteiger partial charge in [0.1, 0.15) is 0 Å². The quantitative estimate of drug-likeness (QED) is 0.608. The zero-order chi connectivity index (χ0) is 8.81. The van der Waals surface area contributed by atoms with E-state index in [9.17, 15) is 4.79 Å². The fourth-order valence-corrected chi connectivity index (χ4v) is 1.42. The lowest BCUT2D eigenvalue weighted by atomic mass is 10.2. The van der Waals surface area contributed by atoms with Crippen LogP contribution in [0.1, 0.15) is 32.6 Å². The van der Waals surface area contributed by atoms with Gasteiger partial charge in [-0.25, -0.2) is 0 Å². The molecule has 3 heteroatoms. The average Bonchev–Trinajstić information content (AvgIpc) is 2.56. The predicted octanol–water partition coefficient (Wildman–Crippen LogP) is 0.655. The van der Waals surface area contributed by atoms with Crippen molar-refractivity contribution in [1.82, 2.24) is 10.6 Å². The Hall–Kier alpha value is -0.570. The van der Waals surface area contributed by atoms with Gasteiger partial charge in [0.2, 0.25) is 5.91 Å². The summed E-state index contributed by atoms with van der Waals surface area (Å²) in [6, 6.07) is 0.0851. The van der Waals surface area contributed by atoms with Crippen LogP contribution in [0.15, 0.2) is 0 Å². The summed E-state index contributed by atoms with van der Waals surface area (Å²) in [5.41, 5.74) is 0. The van der Waals surface area contributed by atoms with Crippen LogP contribution in [-0.2, 0) is 4.79 Å². The minimum absolute atomic E-state index is 0.0851. The Morgan fingerprint density at radius 1 is 1.67 bits per heavy atom. The molecule has 1 unspecified atom stereocenters. The number of rotatable bonds is 4. The molecule has 0 aromatic heterocycles. The van der Waals surface area contributed by atoms with E-state index >= 15 is 0 Å². The number of hydrogen-bond acceptors (Lipinski definition) is 2. The second-order valence-electron chi connectivity index (χ2n) is 3.29. The number of nitrogens with one attached hydrogen (secondary N) is 2. The molecular formula is C9H18N2O. The van der Waals surface area contributed by atoms with Crippen molar-refractivity contribution >= 4 is 5.91 Å². The van der Waals surface area contributed by atoms with Crippen LogP contribution < -0.4 is 10.6 Å². The van der Waals surface area contributed by atoms with Crippen molar-refractivity contribution < 1.29 is 4.79 Å². The second-order valence-corrected chi connectivity index (χ2v) is 3.29. The van der Waals surface area contributed by atoms with Crippen molar-refractivity contribution in [3.63, 3.8) is 0 Å². The van der Waals surface area contributed by atoms with Gasteiger partial charge >= 0.3 is 0 Å². The topological polar surface area (TPSA) is 41.1 Å². The van der Waals surface area contributed by atoms with E-state index in [4.69, 9.17) is 0 Å². The fraction of sp³-hybridized carbons (Fsp3) is 0.889. The van der Waals surface area contributed by atoms with Gasteiger partial charge in [-0.2, -0.15) is 0 Å². The van der Waals surface area contributed by atoms with Crippen LogP contribution >= 0.6 is 0 Å². The molecule has 1 aliphatic rings. The molecule has 0 spiro atoms. The van der Waals surface area contributed by atoms with Gasteiger partial charge in [-0.15, -0.1) is 0 Å². The Labute approximate surface area is 73.9 Å². The molecule has 0 bridgehead atoms. The first-order valence-electron chi connectivity index (χ1n) is 4.85. The van der Waals surface area contributed by atoms with Crippen molar-refractivity contribution in [2.24, 2.45) is 0 Å². The molecule has 0 aliphatic carbocycles. The monoisotopic (exact) mass is 170 g/mol. The molecule has 0 aromatic carbocycles. The minimum Gasteiger partial charge on any atom is -0.355 e. The van der Waals surface area contributed by atoms with Crippen molar-refractivity contribution in [2.75, 3.05) is 13.1 Å². The zero-order valence-corrected chi connectivity index (χ0v) is 7.73. The number of carbonyl (C=O) groups excluding carboxylic acids is 1. The Morgan fingerprint density at radius 3 is 3.08 bits per heavy atom. The highest BCUT2D eigenvalue weighted by molar-refractivity contribution is 5.81. The standard InChI is InChI=1S/C9H18N2O/c1-2-3-6-11-9(12)8-5-4-7-10-8/h8,10H,2-7H2,1H3,(H,11,12). The first-order valence-corrected chi connectivity index (χ1v) is 4.85. The van der Waals surface area contributed by atoms with Gasteiger partial charge in [0.05, 0.1) is 6.04 Å². The van der Waals surface area contributed by atoms with E-state index < -0.39 is 0 Å². The molecule has 0 radical (unpaired) electrons. The summed E-state index contributed by atoms with van der Waals surface area (Å²) in [4.78, 5) is 11.3. The van der Waals surface area contributed by atoms with E-state index in [0.29, 0.717) is 0 Å². The van der Waals surface area contributed by atoms with E-state index in [1.54, 1.807) is 0 Å². The maximum absolute atomic E-state index is 11.3. The molecule has 1 rings (SSSR count). The number of unbranched alkanes of at least 4 members (excludes halogenated alkanes) is 1. The van der Waals surface area contributed by atoms with Crippen molar-refractivity contribution in [3.8, 4) is 0 Å². The molecule has 1 saturated heterocycles. The number of hydrogen-bond donors (Lipinski definition) is 2. The first kappa shape index (κ1) is 9.52. The third-order valence-corrected chi connectivity index (χ3v) is 2.21. The lowest BCUT2D eigenvalue weighted by molar-refractivity contribution is -0.122. The minimum atomic E-state index is 0.0851. The molecule has 2 N–H and O–H groups in total. The summed E-state index contributed by atoms with van der Waals surface area (Å²) < 4.78 is 0. The van der Waals surface area contributed by atoms with Crippen LogP contribution in [0.5, 0.6) is 0 Å². The largest absolute Gasteiger partial charge is 0.355 e. The summed E-state index contributed by atoms with van der Waals surface area (Å²) in [5.74, 6) is 0.181. The molecule has 70 valence electrons. The van der Waals surface area contributed by atoms with Gasteiger partial charge < -0.3 is 10.6 Å². The van der Waals surface area contributed by atoms with Gasteiger partial charge in [-0.05, 0) is 25.8 Å². The Bertz CT molecular complexity index is 141. The zero-order valence-electron chi connectivity index (χ0n) is 7.73. The number of carbonyl (C=O) groups is 1. The highest BCUT2D eigenvalue weighted by Crippen LogP contribution is 2.04. The normalized spacial score (nSPS) is 22.6. The van der Waals surface area contributed by atoms with Gasteiger partial charge in [0.25, 0.3) is 0 Å². The highest BCUT2D eigenvalue weighted by Gasteiger charge is 2.20. The molecule has 1 heterocycles. The van der Waals surface area contributed by atoms with Gasteiger partial charge in [-0.1, -0.05) is 13.3 Å². The van der Waals surface area contributed by atoms with Crippen LogP contribution in [0.25, 0.3) is 0 Å². The Balaban J connectivity index is 2.10. The maximum atomic E-state index is 11.3. The first-order chi connectivity index (χ1) is 5.84. The fourth-order valence-electron chi connectivity index (χ4n) is 1.42. The van der Waals surface area contributed by atoms with E-state index in [-0.39, 0.29) is 11.9 Å².